The molecule has 7 heteroatoms. The van der Waals surface area contributed by atoms with Crippen LogP contribution in [0.2, 0.25) is 0 Å². The van der Waals surface area contributed by atoms with E-state index in [1.807, 2.05) is 12.1 Å². The first-order chi connectivity index (χ1) is 14.0. The van der Waals surface area contributed by atoms with Crippen molar-refractivity contribution in [3.05, 3.63) is 59.9 Å². The van der Waals surface area contributed by atoms with Crippen molar-refractivity contribution in [3.63, 3.8) is 0 Å². The van der Waals surface area contributed by atoms with Crippen LogP contribution in [-0.4, -0.2) is 36.8 Å². The van der Waals surface area contributed by atoms with Crippen molar-refractivity contribution in [1.82, 2.24) is 4.98 Å². The predicted molar refractivity (Wildman–Crippen MR) is 120 cm³/mol. The molecule has 0 radical (unpaired) electrons. The molecule has 0 aliphatic rings. The van der Waals surface area contributed by atoms with Gasteiger partial charge in [-0.1, -0.05) is 50.5 Å². The zero-order valence-electron chi connectivity index (χ0n) is 18.2. The SMILES string of the molecule is CCCCCCN(CCCCS(=O)(=O)[O-])c1ccc(C=Cc2ccncc2)cc1.[Na+]. The monoisotopic (exact) mass is 438 g/mol. The Bertz CT molecular complexity index is 841. The molecule has 158 valence electrons. The number of aromatic nitrogens is 1. The van der Waals surface area contributed by atoms with E-state index in [0.29, 0.717) is 12.8 Å². The van der Waals surface area contributed by atoms with Gasteiger partial charge in [0.05, 0.1) is 10.1 Å². The van der Waals surface area contributed by atoms with Gasteiger partial charge in [0.25, 0.3) is 0 Å². The second-order valence-corrected chi connectivity index (χ2v) is 8.75. The summed E-state index contributed by atoms with van der Waals surface area (Å²) < 4.78 is 32.4. The van der Waals surface area contributed by atoms with Crippen molar-refractivity contribution in [2.24, 2.45) is 0 Å². The first kappa shape index (κ1) is 26.9. The third-order valence-corrected chi connectivity index (χ3v) is 5.58. The Labute approximate surface area is 203 Å². The van der Waals surface area contributed by atoms with Crippen LogP contribution in [0, 0.1) is 0 Å². The molecule has 1 heterocycles. The van der Waals surface area contributed by atoms with Gasteiger partial charge in [-0.3, -0.25) is 4.98 Å². The van der Waals surface area contributed by atoms with E-state index < -0.39 is 10.1 Å². The van der Waals surface area contributed by atoms with E-state index in [4.69, 9.17) is 0 Å². The maximum absolute atomic E-state index is 10.8. The number of unbranched alkanes of at least 4 members (excludes halogenated alkanes) is 4. The Hall–Kier alpha value is -1.18. The summed E-state index contributed by atoms with van der Waals surface area (Å²) in [6.45, 7) is 3.89. The maximum Gasteiger partial charge on any atom is 1.00 e. The van der Waals surface area contributed by atoms with E-state index in [1.54, 1.807) is 12.4 Å². The van der Waals surface area contributed by atoms with Crippen LogP contribution in [0.3, 0.4) is 0 Å². The minimum absolute atomic E-state index is 0. The van der Waals surface area contributed by atoms with Crippen LogP contribution in [0.4, 0.5) is 5.69 Å². The molecule has 0 atom stereocenters. The number of anilines is 1. The van der Waals surface area contributed by atoms with E-state index in [2.05, 4.69) is 53.2 Å². The standard InChI is InChI=1S/C23H32N2O3S.Na/c1-2-3-4-5-18-25(19-6-7-20-29(26,27)28)23-12-10-21(11-13-23)8-9-22-14-16-24-17-15-22;/h8-17H,2-7,18-20H2,1H3,(H,26,27,28);/q;+1/p-1. The van der Waals surface area contributed by atoms with Crippen molar-refractivity contribution in [2.45, 2.75) is 45.4 Å². The Balaban J connectivity index is 0.00000450. The molecule has 0 fully saturated rings. The molecule has 30 heavy (non-hydrogen) atoms. The van der Waals surface area contributed by atoms with Gasteiger partial charge < -0.3 is 9.45 Å². The van der Waals surface area contributed by atoms with Gasteiger partial charge in [-0.25, -0.2) is 8.42 Å². The summed E-state index contributed by atoms with van der Waals surface area (Å²) in [6.07, 6.45) is 13.5. The fourth-order valence-corrected chi connectivity index (χ4v) is 3.70. The Morgan fingerprint density at radius 3 is 2.00 bits per heavy atom. The van der Waals surface area contributed by atoms with Crippen molar-refractivity contribution < 1.29 is 42.5 Å². The molecule has 0 spiro atoms. The summed E-state index contributed by atoms with van der Waals surface area (Å²) in [5.74, 6) is -0.282. The average Bonchev–Trinajstić information content (AvgIpc) is 2.71. The van der Waals surface area contributed by atoms with Gasteiger partial charge in [-0.15, -0.1) is 0 Å². The summed E-state index contributed by atoms with van der Waals surface area (Å²) in [5.41, 5.74) is 3.36. The zero-order chi connectivity index (χ0) is 21.0. The average molecular weight is 439 g/mol. The van der Waals surface area contributed by atoms with Crippen LogP contribution in [0.25, 0.3) is 12.2 Å². The van der Waals surface area contributed by atoms with E-state index >= 15 is 0 Å². The summed E-state index contributed by atoms with van der Waals surface area (Å²) in [5, 5.41) is 0. The number of benzene rings is 1. The molecule has 0 aliphatic heterocycles. The molecule has 0 saturated carbocycles. The van der Waals surface area contributed by atoms with E-state index in [1.165, 1.54) is 19.3 Å². The van der Waals surface area contributed by atoms with Gasteiger partial charge in [-0.2, -0.15) is 0 Å². The summed E-state index contributed by atoms with van der Waals surface area (Å²) in [6, 6.07) is 12.3. The molecule has 0 N–H and O–H groups in total. The van der Waals surface area contributed by atoms with E-state index in [9.17, 15) is 13.0 Å². The molecule has 1 aromatic heterocycles. The Morgan fingerprint density at radius 1 is 0.867 bits per heavy atom. The van der Waals surface area contributed by atoms with Gasteiger partial charge in [-0.05, 0) is 54.7 Å². The molecule has 0 unspecified atom stereocenters. The smallest absolute Gasteiger partial charge is 0.748 e. The molecule has 2 rings (SSSR count). The molecule has 1 aromatic carbocycles. The number of pyridine rings is 1. The molecule has 0 bridgehead atoms. The van der Waals surface area contributed by atoms with Crippen molar-refractivity contribution >= 4 is 28.0 Å². The van der Waals surface area contributed by atoms with Gasteiger partial charge in [0, 0.05) is 36.9 Å². The number of hydrogen-bond donors (Lipinski definition) is 0. The minimum atomic E-state index is -4.13. The first-order valence-electron chi connectivity index (χ1n) is 10.3. The van der Waals surface area contributed by atoms with Gasteiger partial charge >= 0.3 is 29.6 Å². The van der Waals surface area contributed by atoms with Gasteiger partial charge in [0.2, 0.25) is 0 Å². The molecule has 0 amide bonds. The van der Waals surface area contributed by atoms with Crippen molar-refractivity contribution in [3.8, 4) is 0 Å². The second kappa shape index (κ2) is 14.8. The largest absolute Gasteiger partial charge is 1.00 e. The summed E-state index contributed by atoms with van der Waals surface area (Å²) >= 11 is 0. The quantitative estimate of drug-likeness (QED) is 0.272. The summed E-state index contributed by atoms with van der Waals surface area (Å²) in [7, 11) is -4.13. The molecule has 5 nitrogen and oxygen atoms in total. The fourth-order valence-electron chi connectivity index (χ4n) is 3.14. The van der Waals surface area contributed by atoms with Gasteiger partial charge in [0.1, 0.15) is 0 Å². The minimum Gasteiger partial charge on any atom is -0.748 e. The Morgan fingerprint density at radius 2 is 1.43 bits per heavy atom. The molecule has 2 aromatic rings. The number of rotatable bonds is 13. The van der Waals surface area contributed by atoms with Gasteiger partial charge in [0.15, 0.2) is 0 Å². The topological polar surface area (TPSA) is 73.3 Å². The normalized spacial score (nSPS) is 11.4. The summed E-state index contributed by atoms with van der Waals surface area (Å²) in [4.78, 5) is 6.32. The first-order valence-corrected chi connectivity index (χ1v) is 11.9. The fraction of sp³-hybridized carbons (Fsp3) is 0.435. The van der Waals surface area contributed by atoms with Crippen molar-refractivity contribution in [2.75, 3.05) is 23.7 Å². The molecular formula is C23H31N2NaO3S. The third kappa shape index (κ3) is 11.3. The van der Waals surface area contributed by atoms with Crippen LogP contribution >= 0.6 is 0 Å². The molecule has 0 saturated heterocycles. The van der Waals surface area contributed by atoms with E-state index in [0.717, 1.165) is 36.3 Å². The predicted octanol–water partition coefficient (Wildman–Crippen LogP) is 1.97. The maximum atomic E-state index is 10.8. The number of hydrogen-bond acceptors (Lipinski definition) is 5. The molecule has 0 aliphatic carbocycles. The Kier molecular flexibility index (Phi) is 13.2. The van der Waals surface area contributed by atoms with E-state index in [-0.39, 0.29) is 35.3 Å². The van der Waals surface area contributed by atoms with Crippen molar-refractivity contribution in [1.29, 1.82) is 0 Å². The second-order valence-electron chi connectivity index (χ2n) is 7.22. The van der Waals surface area contributed by atoms with Crippen LogP contribution in [0.5, 0.6) is 0 Å². The number of nitrogens with zero attached hydrogens (tertiary/aromatic N) is 2. The zero-order valence-corrected chi connectivity index (χ0v) is 21.0. The van der Waals surface area contributed by atoms with Crippen LogP contribution in [0.15, 0.2) is 48.8 Å². The van der Waals surface area contributed by atoms with Crippen LogP contribution in [0.1, 0.15) is 56.6 Å². The third-order valence-electron chi connectivity index (χ3n) is 4.79. The molecular weight excluding hydrogens is 407 g/mol. The van der Waals surface area contributed by atoms with Crippen LogP contribution < -0.4 is 34.5 Å². The van der Waals surface area contributed by atoms with Crippen LogP contribution in [-0.2, 0) is 10.1 Å².